The third kappa shape index (κ3) is 1.56. The maximum atomic E-state index is 10.6. The fourth-order valence-electron chi connectivity index (χ4n) is 2.28. The minimum Gasteiger partial charge on any atom is -0.450 e. The van der Waals surface area contributed by atoms with Crippen molar-refractivity contribution in [3.63, 3.8) is 0 Å². The van der Waals surface area contributed by atoms with Crippen LogP contribution in [-0.4, -0.2) is 11.3 Å². The van der Waals surface area contributed by atoms with Crippen LogP contribution in [0.15, 0.2) is 42.5 Å². The van der Waals surface area contributed by atoms with Crippen LogP contribution in [0.1, 0.15) is 17.2 Å². The van der Waals surface area contributed by atoms with Crippen molar-refractivity contribution in [2.45, 2.75) is 6.10 Å². The lowest BCUT2D eigenvalue weighted by Gasteiger charge is -2.20. The van der Waals surface area contributed by atoms with Gasteiger partial charge in [0.25, 0.3) is 0 Å². The molecule has 0 amide bonds. The summed E-state index contributed by atoms with van der Waals surface area (Å²) in [6.45, 7) is 0. The van der Waals surface area contributed by atoms with Crippen LogP contribution in [0.3, 0.4) is 0 Å². The number of hydrogen-bond donors (Lipinski definition) is 1. The first-order valence-corrected chi connectivity index (χ1v) is 5.35. The smallest absolute Gasteiger partial charge is 0.450 e. The lowest BCUT2D eigenvalue weighted by Crippen LogP contribution is -2.09. The van der Waals surface area contributed by atoms with Gasteiger partial charge in [-0.05, 0) is 22.4 Å². The Morgan fingerprint density at radius 3 is 2.71 bits per heavy atom. The standard InChI is InChI=1S/C14H10O3/c15-14(16)17-12-8-7-10-4-1-3-9-5-2-6-11(12)13(9)10/h1-8,12H,(H,15,16). The van der Waals surface area contributed by atoms with Gasteiger partial charge in [0.05, 0.1) is 0 Å². The summed E-state index contributed by atoms with van der Waals surface area (Å²) in [7, 11) is 0. The van der Waals surface area contributed by atoms with E-state index in [0.717, 1.165) is 21.9 Å². The van der Waals surface area contributed by atoms with Gasteiger partial charge in [0.2, 0.25) is 0 Å². The molecule has 3 heteroatoms. The summed E-state index contributed by atoms with van der Waals surface area (Å²) in [5.41, 5.74) is 2.01. The Bertz CT molecular complexity index is 623. The molecule has 3 rings (SSSR count). The highest BCUT2D eigenvalue weighted by atomic mass is 16.7. The van der Waals surface area contributed by atoms with E-state index in [0.29, 0.717) is 0 Å². The first-order chi connectivity index (χ1) is 8.25. The molecule has 2 aromatic rings. The molecule has 0 saturated carbocycles. The van der Waals surface area contributed by atoms with Crippen LogP contribution in [0.5, 0.6) is 0 Å². The zero-order valence-corrected chi connectivity index (χ0v) is 8.96. The van der Waals surface area contributed by atoms with Crippen LogP contribution in [0, 0.1) is 0 Å². The number of carbonyl (C=O) groups is 1. The Balaban J connectivity index is 2.23. The van der Waals surface area contributed by atoms with Crippen molar-refractivity contribution in [1.82, 2.24) is 0 Å². The van der Waals surface area contributed by atoms with Crippen molar-refractivity contribution >= 4 is 23.0 Å². The SMILES string of the molecule is O=C(O)OC1C=Cc2cccc3cccc1c23. The highest BCUT2D eigenvalue weighted by molar-refractivity contribution is 5.95. The highest BCUT2D eigenvalue weighted by Crippen LogP contribution is 2.35. The normalized spacial score (nSPS) is 17.1. The lowest BCUT2D eigenvalue weighted by atomic mass is 9.91. The van der Waals surface area contributed by atoms with E-state index in [4.69, 9.17) is 9.84 Å². The highest BCUT2D eigenvalue weighted by Gasteiger charge is 2.20. The van der Waals surface area contributed by atoms with Crippen LogP contribution in [0.4, 0.5) is 4.79 Å². The predicted molar refractivity (Wildman–Crippen MR) is 64.8 cm³/mol. The van der Waals surface area contributed by atoms with Gasteiger partial charge in [0.1, 0.15) is 6.10 Å². The number of benzene rings is 2. The zero-order chi connectivity index (χ0) is 11.8. The molecule has 0 heterocycles. The van der Waals surface area contributed by atoms with Crippen molar-refractivity contribution in [1.29, 1.82) is 0 Å². The zero-order valence-electron chi connectivity index (χ0n) is 8.96. The molecule has 2 aromatic carbocycles. The Labute approximate surface area is 97.9 Å². The molecule has 1 aliphatic rings. The molecule has 84 valence electrons. The first-order valence-electron chi connectivity index (χ1n) is 5.35. The van der Waals surface area contributed by atoms with Gasteiger partial charge in [-0.1, -0.05) is 42.5 Å². The Morgan fingerprint density at radius 2 is 1.94 bits per heavy atom. The van der Waals surface area contributed by atoms with Crippen molar-refractivity contribution in [3.8, 4) is 0 Å². The first kappa shape index (κ1) is 9.90. The molecule has 17 heavy (non-hydrogen) atoms. The van der Waals surface area contributed by atoms with E-state index in [1.165, 1.54) is 0 Å². The molecule has 3 nitrogen and oxygen atoms in total. The largest absolute Gasteiger partial charge is 0.506 e. The van der Waals surface area contributed by atoms with Crippen LogP contribution in [-0.2, 0) is 4.74 Å². The molecule has 0 spiro atoms. The fraction of sp³-hybridized carbons (Fsp3) is 0.0714. The monoisotopic (exact) mass is 226 g/mol. The van der Waals surface area contributed by atoms with Crippen LogP contribution >= 0.6 is 0 Å². The van der Waals surface area contributed by atoms with Gasteiger partial charge in [-0.15, -0.1) is 0 Å². The molecular formula is C14H10O3. The summed E-state index contributed by atoms with van der Waals surface area (Å²) in [4.78, 5) is 10.6. The molecule has 0 radical (unpaired) electrons. The number of rotatable bonds is 1. The van der Waals surface area contributed by atoms with Gasteiger partial charge in [-0.2, -0.15) is 0 Å². The third-order valence-electron chi connectivity index (χ3n) is 2.95. The summed E-state index contributed by atoms with van der Waals surface area (Å²) in [6.07, 6.45) is 1.91. The molecule has 0 fully saturated rings. The van der Waals surface area contributed by atoms with Crippen LogP contribution in [0.25, 0.3) is 16.8 Å². The van der Waals surface area contributed by atoms with E-state index in [2.05, 4.69) is 0 Å². The van der Waals surface area contributed by atoms with Crippen molar-refractivity contribution in [2.75, 3.05) is 0 Å². The molecule has 0 aliphatic heterocycles. The topological polar surface area (TPSA) is 46.5 Å². The second-order valence-corrected chi connectivity index (χ2v) is 3.96. The molecular weight excluding hydrogens is 216 g/mol. The van der Waals surface area contributed by atoms with Gasteiger partial charge in [-0.3, -0.25) is 0 Å². The van der Waals surface area contributed by atoms with Gasteiger partial charge in [0.15, 0.2) is 0 Å². The molecule has 0 saturated heterocycles. The van der Waals surface area contributed by atoms with Gasteiger partial charge in [0, 0.05) is 5.56 Å². The van der Waals surface area contributed by atoms with Gasteiger partial charge < -0.3 is 9.84 Å². The quantitative estimate of drug-likeness (QED) is 0.755. The van der Waals surface area contributed by atoms with E-state index < -0.39 is 12.3 Å². The lowest BCUT2D eigenvalue weighted by molar-refractivity contribution is 0.0695. The second kappa shape index (κ2) is 3.63. The van der Waals surface area contributed by atoms with E-state index >= 15 is 0 Å². The summed E-state index contributed by atoms with van der Waals surface area (Å²) >= 11 is 0. The molecule has 0 aromatic heterocycles. The third-order valence-corrected chi connectivity index (χ3v) is 2.95. The minimum atomic E-state index is -1.25. The second-order valence-electron chi connectivity index (χ2n) is 3.96. The molecule has 1 N–H and O–H groups in total. The van der Waals surface area contributed by atoms with Crippen LogP contribution < -0.4 is 0 Å². The Hall–Kier alpha value is -2.29. The summed E-state index contributed by atoms with van der Waals surface area (Å²) in [5.74, 6) is 0. The van der Waals surface area contributed by atoms with E-state index in [1.54, 1.807) is 6.08 Å². The Kier molecular flexibility index (Phi) is 2.11. The van der Waals surface area contributed by atoms with Crippen molar-refractivity contribution in [3.05, 3.63) is 53.6 Å². The fourth-order valence-corrected chi connectivity index (χ4v) is 2.28. The Morgan fingerprint density at radius 1 is 1.18 bits per heavy atom. The molecule has 1 aliphatic carbocycles. The van der Waals surface area contributed by atoms with Gasteiger partial charge in [-0.25, -0.2) is 4.79 Å². The minimum absolute atomic E-state index is 0.508. The van der Waals surface area contributed by atoms with Gasteiger partial charge >= 0.3 is 6.16 Å². The molecule has 1 atom stereocenters. The maximum absolute atomic E-state index is 10.6. The molecule has 1 unspecified atom stereocenters. The summed E-state index contributed by atoms with van der Waals surface area (Å²) in [6, 6.07) is 11.9. The summed E-state index contributed by atoms with van der Waals surface area (Å²) < 4.78 is 4.87. The van der Waals surface area contributed by atoms with E-state index in [-0.39, 0.29) is 0 Å². The number of carboxylic acid groups (broad SMARTS) is 1. The predicted octanol–water partition coefficient (Wildman–Crippen LogP) is 3.60. The van der Waals surface area contributed by atoms with Crippen molar-refractivity contribution in [2.24, 2.45) is 0 Å². The average molecular weight is 226 g/mol. The van der Waals surface area contributed by atoms with E-state index in [9.17, 15) is 4.79 Å². The molecule has 0 bridgehead atoms. The van der Waals surface area contributed by atoms with E-state index in [1.807, 2.05) is 42.5 Å². The van der Waals surface area contributed by atoms with Crippen molar-refractivity contribution < 1.29 is 14.6 Å². The average Bonchev–Trinajstić information content (AvgIpc) is 2.33. The number of ether oxygens (including phenoxy) is 1. The number of hydrogen-bond acceptors (Lipinski definition) is 2. The van der Waals surface area contributed by atoms with Crippen LogP contribution in [0.2, 0.25) is 0 Å². The summed E-state index contributed by atoms with van der Waals surface area (Å²) in [5, 5.41) is 10.9. The maximum Gasteiger partial charge on any atom is 0.506 e.